The molecular weight excluding hydrogens is 820 g/mol. The lowest BCUT2D eigenvalue weighted by molar-refractivity contribution is -0.287. The fourth-order valence-corrected chi connectivity index (χ4v) is 11.5. The molecule has 20 nitrogen and oxygen atoms in total. The Morgan fingerprint density at radius 1 is 0.700 bits per heavy atom. The predicted octanol–water partition coefficient (Wildman–Crippen LogP) is -1.03. The Kier molecular flexibility index (Phi) is 10.8. The van der Waals surface area contributed by atoms with E-state index in [1.54, 1.807) is 0 Å². The van der Waals surface area contributed by atoms with Crippen LogP contribution >= 0.6 is 11.8 Å². The number of phenols is 2. The summed E-state index contributed by atoms with van der Waals surface area (Å²) in [5, 5.41) is 87.6. The van der Waals surface area contributed by atoms with E-state index in [4.69, 9.17) is 23.7 Å². The van der Waals surface area contributed by atoms with Gasteiger partial charge in [0.15, 0.2) is 28.9 Å². The standard InChI is InChI=1S/C39H40O20S/c1-14-38(53)32(49)24-18(6-4-8-20(24)40)30(47)36(38,12-16(56-14)10-22(42)55-3)60-37-13-17(11-23(43)58-35-28(46)26(44)27(45)29(59-35)34(51)52)57-15(2)39(37,54)33(50)25-19(31(37)48)7-5-9-21(25)41/h4-9,14-17,26-29,35,40-41,44-46,53-54H,10-13H2,1-3H3,(H,51,52)/t14-,15+,16-,17+,26-,27-,28+,29-,35+,36-,37+,38+,39-/m1/s1. The first-order valence-electron chi connectivity index (χ1n) is 18.6. The number of fused-ring (bicyclic) bond motifs is 4. The SMILES string of the molecule is COC(=O)C[C@@H]1C[C@@]2(S[C@]34C[C@H](CC(=O)O[C@H]5O[C@@H](C(=O)O)[C@H](O)[C@@H](O)[C@@H]5O)O[C@@H](C)[C@@]3(O)C(=O)c3c(O)cccc3C4=O)C(=O)c3cccc(O)c3C(=O)[C@@]2(O)[C@@H](C)O1. The lowest BCUT2D eigenvalue weighted by atomic mass is 9.63. The Hall–Kier alpha value is -4.84. The molecule has 0 unspecified atom stereocenters. The Labute approximate surface area is 342 Å². The van der Waals surface area contributed by atoms with Crippen molar-refractivity contribution in [2.24, 2.45) is 0 Å². The number of phenolic OH excluding ortho intramolecular Hbond substituents is 2. The maximum Gasteiger partial charge on any atom is 0.335 e. The summed E-state index contributed by atoms with van der Waals surface area (Å²) in [6.07, 6.45) is -20.2. The van der Waals surface area contributed by atoms with Gasteiger partial charge in [-0.3, -0.25) is 28.8 Å². The number of carboxylic acids is 1. The number of hydrogen-bond donors (Lipinski definition) is 8. The minimum absolute atomic E-state index is 0.222. The van der Waals surface area contributed by atoms with Crippen molar-refractivity contribution < 1.29 is 98.1 Å². The van der Waals surface area contributed by atoms with E-state index >= 15 is 9.59 Å². The molecule has 7 rings (SSSR count). The molecule has 3 aliphatic heterocycles. The third-order valence-corrected chi connectivity index (χ3v) is 14.1. The summed E-state index contributed by atoms with van der Waals surface area (Å²) in [6, 6.07) is 6.96. The normalized spacial score (nSPS) is 38.5. The molecule has 0 radical (unpaired) electrons. The van der Waals surface area contributed by atoms with E-state index in [0.717, 1.165) is 32.2 Å². The number of ketones is 4. The molecule has 3 fully saturated rings. The Morgan fingerprint density at radius 3 is 1.58 bits per heavy atom. The molecule has 0 saturated carbocycles. The summed E-state index contributed by atoms with van der Waals surface area (Å²) in [4.78, 5) is 97.6. The summed E-state index contributed by atoms with van der Waals surface area (Å²) >= 11 is 0.222. The molecule has 2 aromatic rings. The predicted molar refractivity (Wildman–Crippen MR) is 196 cm³/mol. The van der Waals surface area contributed by atoms with Crippen LogP contribution in [0.4, 0.5) is 0 Å². The van der Waals surface area contributed by atoms with Crippen molar-refractivity contribution in [2.45, 2.75) is 115 Å². The second-order valence-corrected chi connectivity index (χ2v) is 17.0. The van der Waals surface area contributed by atoms with Gasteiger partial charge in [0.25, 0.3) is 0 Å². The molecule has 2 aliphatic carbocycles. The van der Waals surface area contributed by atoms with Gasteiger partial charge in [0.2, 0.25) is 17.9 Å². The number of aliphatic hydroxyl groups excluding tert-OH is 3. The van der Waals surface area contributed by atoms with E-state index in [1.165, 1.54) is 25.1 Å². The highest BCUT2D eigenvalue weighted by atomic mass is 32.2. The van der Waals surface area contributed by atoms with Gasteiger partial charge in [-0.2, -0.15) is 0 Å². The minimum Gasteiger partial charge on any atom is -0.507 e. The van der Waals surface area contributed by atoms with E-state index in [0.29, 0.717) is 0 Å². The number of aliphatic carboxylic acids is 1. The van der Waals surface area contributed by atoms with Gasteiger partial charge >= 0.3 is 17.9 Å². The molecule has 0 bridgehead atoms. The van der Waals surface area contributed by atoms with E-state index in [-0.39, 0.29) is 11.8 Å². The van der Waals surface area contributed by atoms with Crippen molar-refractivity contribution in [2.75, 3.05) is 7.11 Å². The second-order valence-electron chi connectivity index (χ2n) is 15.4. The topological polar surface area (TPSA) is 327 Å². The molecule has 21 heteroatoms. The van der Waals surface area contributed by atoms with Gasteiger partial charge in [0, 0.05) is 11.1 Å². The first-order chi connectivity index (χ1) is 28.1. The van der Waals surface area contributed by atoms with Gasteiger partial charge < -0.3 is 64.5 Å². The van der Waals surface area contributed by atoms with Gasteiger partial charge in [0.05, 0.1) is 55.5 Å². The maximum absolute atomic E-state index is 15.3. The highest BCUT2D eigenvalue weighted by Gasteiger charge is 2.78. The Bertz CT molecular complexity index is 2210. The second kappa shape index (κ2) is 15.0. The zero-order valence-corrected chi connectivity index (χ0v) is 32.7. The fourth-order valence-electron chi connectivity index (χ4n) is 9.15. The van der Waals surface area contributed by atoms with Gasteiger partial charge in [-0.25, -0.2) is 4.79 Å². The van der Waals surface area contributed by atoms with Gasteiger partial charge in [-0.05, 0) is 38.8 Å². The molecule has 3 saturated heterocycles. The molecule has 0 spiro atoms. The Balaban J connectivity index is 1.38. The van der Waals surface area contributed by atoms with Crippen LogP contribution in [0.3, 0.4) is 0 Å². The highest BCUT2D eigenvalue weighted by molar-refractivity contribution is 8.03. The largest absolute Gasteiger partial charge is 0.507 e. The van der Waals surface area contributed by atoms with E-state index in [2.05, 4.69) is 0 Å². The molecular formula is C39H40O20S. The Morgan fingerprint density at radius 2 is 1.15 bits per heavy atom. The van der Waals surface area contributed by atoms with Crippen molar-refractivity contribution in [3.8, 4) is 11.5 Å². The monoisotopic (exact) mass is 860 g/mol. The van der Waals surface area contributed by atoms with Gasteiger partial charge in [0.1, 0.15) is 39.3 Å². The smallest absolute Gasteiger partial charge is 0.335 e. The van der Waals surface area contributed by atoms with Gasteiger partial charge in [-0.1, -0.05) is 24.3 Å². The zero-order chi connectivity index (χ0) is 44.0. The molecule has 60 heavy (non-hydrogen) atoms. The molecule has 5 aliphatic rings. The molecule has 2 aromatic carbocycles. The summed E-state index contributed by atoms with van der Waals surface area (Å²) in [5.74, 6) is -10.0. The van der Waals surface area contributed by atoms with E-state index in [9.17, 15) is 64.8 Å². The molecule has 0 aromatic heterocycles. The number of esters is 2. The van der Waals surface area contributed by atoms with Crippen molar-refractivity contribution in [3.05, 3.63) is 58.7 Å². The number of Topliss-reactive ketones (excluding diaryl/α,β-unsaturated/α-hetero) is 4. The number of benzene rings is 2. The van der Waals surface area contributed by atoms with Crippen LogP contribution in [0.25, 0.3) is 0 Å². The average Bonchev–Trinajstić information content (AvgIpc) is 3.19. The van der Waals surface area contributed by atoms with Crippen LogP contribution in [0.5, 0.6) is 11.5 Å². The summed E-state index contributed by atoms with van der Waals surface area (Å²) in [5.41, 5.74) is -8.18. The number of aliphatic hydroxyl groups is 5. The first-order valence-corrected chi connectivity index (χ1v) is 19.4. The quantitative estimate of drug-likeness (QED) is 0.147. The number of hydrogen-bond acceptors (Lipinski definition) is 20. The third-order valence-electron chi connectivity index (χ3n) is 12.1. The number of carboxylic acid groups (broad SMARTS) is 1. The molecule has 13 atom stereocenters. The van der Waals surface area contributed by atoms with Crippen LogP contribution < -0.4 is 0 Å². The van der Waals surface area contributed by atoms with Crippen molar-refractivity contribution >= 4 is 52.8 Å². The lowest BCUT2D eigenvalue weighted by Gasteiger charge is -2.61. The van der Waals surface area contributed by atoms with Crippen molar-refractivity contribution in [1.82, 2.24) is 0 Å². The van der Waals surface area contributed by atoms with Crippen LogP contribution in [-0.4, -0.2) is 165 Å². The zero-order valence-electron chi connectivity index (χ0n) is 31.9. The average molecular weight is 861 g/mol. The van der Waals surface area contributed by atoms with Crippen LogP contribution in [0, 0.1) is 0 Å². The van der Waals surface area contributed by atoms with Gasteiger partial charge in [-0.15, -0.1) is 11.8 Å². The number of thioether (sulfide) groups is 1. The number of aromatic hydroxyl groups is 2. The number of methoxy groups -OCH3 is 1. The molecule has 0 amide bonds. The van der Waals surface area contributed by atoms with Crippen LogP contribution in [0.1, 0.15) is 81.0 Å². The number of ether oxygens (including phenoxy) is 5. The van der Waals surface area contributed by atoms with E-state index in [1.807, 2.05) is 0 Å². The third kappa shape index (κ3) is 6.01. The van der Waals surface area contributed by atoms with Crippen molar-refractivity contribution in [1.29, 1.82) is 0 Å². The van der Waals surface area contributed by atoms with Crippen LogP contribution in [0.2, 0.25) is 0 Å². The fraction of sp³-hybridized carbons (Fsp3) is 0.513. The summed E-state index contributed by atoms with van der Waals surface area (Å²) in [7, 11) is 1.08. The highest BCUT2D eigenvalue weighted by Crippen LogP contribution is 2.64. The maximum atomic E-state index is 15.3. The lowest BCUT2D eigenvalue weighted by Crippen LogP contribution is -2.79. The molecule has 8 N–H and O–H groups in total. The molecule has 3 heterocycles. The van der Waals surface area contributed by atoms with Crippen LogP contribution in [0.15, 0.2) is 36.4 Å². The summed E-state index contributed by atoms with van der Waals surface area (Å²) in [6.45, 7) is 2.35. The number of carbonyl (C=O) groups excluding carboxylic acids is 6. The number of rotatable bonds is 8. The summed E-state index contributed by atoms with van der Waals surface area (Å²) < 4.78 is 21.6. The van der Waals surface area contributed by atoms with Crippen LogP contribution in [-0.2, 0) is 38.1 Å². The van der Waals surface area contributed by atoms with Crippen molar-refractivity contribution in [3.63, 3.8) is 0 Å². The molecule has 322 valence electrons. The first kappa shape index (κ1) is 43.3. The minimum atomic E-state index is -3.07. The number of carbonyl (C=O) groups is 7. The van der Waals surface area contributed by atoms with E-state index < -0.39 is 176 Å².